The van der Waals surface area contributed by atoms with Gasteiger partial charge >= 0.3 is 0 Å². The second-order valence-electron chi connectivity index (χ2n) is 5.43. The van der Waals surface area contributed by atoms with Crippen LogP contribution in [0.5, 0.6) is 0 Å². The molecule has 5 heteroatoms. The lowest BCUT2D eigenvalue weighted by molar-refractivity contribution is 0.175. The van der Waals surface area contributed by atoms with E-state index in [-0.39, 0.29) is 11.7 Å². The molecule has 1 saturated heterocycles. The van der Waals surface area contributed by atoms with Crippen LogP contribution in [0, 0.1) is 12.7 Å². The zero-order chi connectivity index (χ0) is 14.3. The minimum absolute atomic E-state index is 0.262. The van der Waals surface area contributed by atoms with E-state index in [0.717, 1.165) is 29.6 Å². The van der Waals surface area contributed by atoms with Crippen molar-refractivity contribution in [3.8, 4) is 0 Å². The van der Waals surface area contributed by atoms with Crippen LogP contribution in [-0.2, 0) is 6.54 Å². The maximum Gasteiger partial charge on any atom is 0.256 e. The number of nitrogens with zero attached hydrogens (tertiary/aromatic N) is 1. The monoisotopic (exact) mass is 276 g/mol. The summed E-state index contributed by atoms with van der Waals surface area (Å²) < 4.78 is 13.3. The molecule has 0 unspecified atom stereocenters. The van der Waals surface area contributed by atoms with E-state index in [0.29, 0.717) is 18.5 Å². The second kappa shape index (κ2) is 5.00. The van der Waals surface area contributed by atoms with Crippen LogP contribution in [0.15, 0.2) is 23.0 Å². The van der Waals surface area contributed by atoms with Gasteiger partial charge in [-0.2, -0.15) is 0 Å². The largest absolute Gasteiger partial charge is 0.392 e. The molecule has 1 aromatic carbocycles. The molecule has 1 aliphatic rings. The number of H-pyrrole nitrogens is 1. The Morgan fingerprint density at radius 1 is 1.45 bits per heavy atom. The Bertz CT molecular complexity index is 711. The highest BCUT2D eigenvalue weighted by Gasteiger charge is 2.21. The van der Waals surface area contributed by atoms with Gasteiger partial charge in [-0.25, -0.2) is 4.39 Å². The number of benzene rings is 1. The third-order valence-corrected chi connectivity index (χ3v) is 3.93. The smallest absolute Gasteiger partial charge is 0.256 e. The fourth-order valence-corrected chi connectivity index (χ4v) is 2.87. The van der Waals surface area contributed by atoms with Crippen LogP contribution < -0.4 is 5.56 Å². The molecule has 20 heavy (non-hydrogen) atoms. The molecule has 0 spiro atoms. The van der Waals surface area contributed by atoms with Gasteiger partial charge in [0, 0.05) is 25.3 Å². The summed E-state index contributed by atoms with van der Waals surface area (Å²) in [4.78, 5) is 16.8. The lowest BCUT2D eigenvalue weighted by Gasteiger charge is -2.18. The quantitative estimate of drug-likeness (QED) is 0.875. The van der Waals surface area contributed by atoms with Crippen LogP contribution >= 0.6 is 0 Å². The standard InChI is InChI=1S/C15H17FN2O2/c1-9-14(8-18-5-4-11(19)7-18)12-3-2-10(16)6-13(12)15(20)17-9/h2-3,6,11,19H,4-5,7-8H2,1H3,(H,17,20)/t11-/m1/s1. The molecule has 1 fully saturated rings. The first kappa shape index (κ1) is 13.3. The van der Waals surface area contributed by atoms with Crippen molar-refractivity contribution in [2.45, 2.75) is 26.0 Å². The van der Waals surface area contributed by atoms with Crippen molar-refractivity contribution in [3.05, 3.63) is 45.6 Å². The number of likely N-dealkylation sites (tertiary alicyclic amines) is 1. The summed E-state index contributed by atoms with van der Waals surface area (Å²) in [7, 11) is 0. The molecular weight excluding hydrogens is 259 g/mol. The van der Waals surface area contributed by atoms with Crippen molar-refractivity contribution in [2.24, 2.45) is 0 Å². The molecule has 0 saturated carbocycles. The Morgan fingerprint density at radius 2 is 2.25 bits per heavy atom. The minimum Gasteiger partial charge on any atom is -0.392 e. The second-order valence-corrected chi connectivity index (χ2v) is 5.43. The van der Waals surface area contributed by atoms with Gasteiger partial charge in [0.1, 0.15) is 5.82 Å². The SMILES string of the molecule is Cc1[nH]c(=O)c2cc(F)ccc2c1CN1CC[C@@H](O)C1. The average molecular weight is 276 g/mol. The molecule has 1 atom stereocenters. The highest BCUT2D eigenvalue weighted by Crippen LogP contribution is 2.22. The van der Waals surface area contributed by atoms with E-state index in [1.54, 1.807) is 6.07 Å². The Balaban J connectivity index is 2.07. The van der Waals surface area contributed by atoms with E-state index in [4.69, 9.17) is 0 Å². The van der Waals surface area contributed by atoms with E-state index in [9.17, 15) is 14.3 Å². The zero-order valence-electron chi connectivity index (χ0n) is 11.3. The maximum atomic E-state index is 13.3. The number of nitrogens with one attached hydrogen (secondary N) is 1. The number of rotatable bonds is 2. The number of halogens is 1. The van der Waals surface area contributed by atoms with Gasteiger partial charge in [0.2, 0.25) is 0 Å². The molecule has 2 heterocycles. The van der Waals surface area contributed by atoms with Crippen LogP contribution in [0.2, 0.25) is 0 Å². The van der Waals surface area contributed by atoms with Gasteiger partial charge in [-0.15, -0.1) is 0 Å². The lowest BCUT2D eigenvalue weighted by atomic mass is 10.0. The number of aliphatic hydroxyl groups excluding tert-OH is 1. The van der Waals surface area contributed by atoms with Gasteiger partial charge < -0.3 is 10.1 Å². The number of aryl methyl sites for hydroxylation is 1. The van der Waals surface area contributed by atoms with E-state index >= 15 is 0 Å². The normalized spacial score (nSPS) is 19.9. The summed E-state index contributed by atoms with van der Waals surface area (Å²) in [5.74, 6) is -0.408. The lowest BCUT2D eigenvalue weighted by Crippen LogP contribution is -2.23. The van der Waals surface area contributed by atoms with Crippen molar-refractivity contribution >= 4 is 10.8 Å². The molecule has 2 N–H and O–H groups in total. The van der Waals surface area contributed by atoms with Gasteiger partial charge in [0.05, 0.1) is 11.5 Å². The zero-order valence-corrected chi connectivity index (χ0v) is 11.3. The van der Waals surface area contributed by atoms with Crippen molar-refractivity contribution in [1.29, 1.82) is 0 Å². The summed E-state index contributed by atoms with van der Waals surface area (Å²) in [6.45, 7) is 3.98. The first-order valence-corrected chi connectivity index (χ1v) is 6.76. The highest BCUT2D eigenvalue weighted by molar-refractivity contribution is 5.85. The number of pyridine rings is 1. The Labute approximate surface area is 115 Å². The van der Waals surface area contributed by atoms with Crippen LogP contribution in [0.25, 0.3) is 10.8 Å². The Kier molecular flexibility index (Phi) is 3.31. The van der Waals surface area contributed by atoms with Gasteiger partial charge in [-0.05, 0) is 36.4 Å². The number of hydrogen-bond acceptors (Lipinski definition) is 3. The summed E-state index contributed by atoms with van der Waals surface area (Å²) in [6.07, 6.45) is 0.497. The number of β-amino-alcohol motifs (C(OH)–C–C–N with tert-alkyl or cyclic N) is 1. The van der Waals surface area contributed by atoms with Crippen molar-refractivity contribution in [3.63, 3.8) is 0 Å². The summed E-state index contributed by atoms with van der Waals surface area (Å²) in [5, 5.41) is 10.8. The van der Waals surface area contributed by atoms with Crippen LogP contribution in [-0.4, -0.2) is 34.2 Å². The van der Waals surface area contributed by atoms with Crippen molar-refractivity contribution in [2.75, 3.05) is 13.1 Å². The predicted octanol–water partition coefficient (Wildman–Crippen LogP) is 1.54. The Hall–Kier alpha value is -1.72. The molecule has 2 aromatic rings. The first-order chi connectivity index (χ1) is 9.54. The fourth-order valence-electron chi connectivity index (χ4n) is 2.87. The Morgan fingerprint density at radius 3 is 2.95 bits per heavy atom. The van der Waals surface area contributed by atoms with Gasteiger partial charge in [0.25, 0.3) is 5.56 Å². The summed E-state index contributed by atoms with van der Waals surface area (Å²) in [5.41, 5.74) is 1.53. The molecule has 0 radical (unpaired) electrons. The topological polar surface area (TPSA) is 56.3 Å². The molecule has 1 aliphatic heterocycles. The predicted molar refractivity (Wildman–Crippen MR) is 75.2 cm³/mol. The number of aromatic nitrogens is 1. The molecule has 3 rings (SSSR count). The molecule has 0 aliphatic carbocycles. The molecule has 1 aromatic heterocycles. The number of aromatic amines is 1. The van der Waals surface area contributed by atoms with Crippen molar-refractivity contribution < 1.29 is 9.50 Å². The third-order valence-electron chi connectivity index (χ3n) is 3.93. The van der Waals surface area contributed by atoms with Crippen LogP contribution in [0.4, 0.5) is 4.39 Å². The number of aliphatic hydroxyl groups is 1. The van der Waals surface area contributed by atoms with Crippen molar-refractivity contribution in [1.82, 2.24) is 9.88 Å². The molecule has 0 amide bonds. The summed E-state index contributed by atoms with van der Waals surface area (Å²) in [6, 6.07) is 4.31. The van der Waals surface area contributed by atoms with E-state index in [1.807, 2.05) is 6.92 Å². The van der Waals surface area contributed by atoms with Gasteiger partial charge in [0.15, 0.2) is 0 Å². The molecular formula is C15H17FN2O2. The molecule has 0 bridgehead atoms. The average Bonchev–Trinajstić information content (AvgIpc) is 2.80. The first-order valence-electron chi connectivity index (χ1n) is 6.76. The molecule has 106 valence electrons. The fraction of sp³-hybridized carbons (Fsp3) is 0.400. The number of hydrogen-bond donors (Lipinski definition) is 2. The summed E-state index contributed by atoms with van der Waals surface area (Å²) >= 11 is 0. The van der Waals surface area contributed by atoms with Gasteiger partial charge in [-0.3, -0.25) is 9.69 Å². The van der Waals surface area contributed by atoms with Crippen LogP contribution in [0.3, 0.4) is 0 Å². The molecule has 4 nitrogen and oxygen atoms in total. The minimum atomic E-state index is -0.408. The van der Waals surface area contributed by atoms with Crippen LogP contribution in [0.1, 0.15) is 17.7 Å². The number of fused-ring (bicyclic) bond motifs is 1. The third kappa shape index (κ3) is 2.34. The van der Waals surface area contributed by atoms with E-state index < -0.39 is 5.82 Å². The maximum absolute atomic E-state index is 13.3. The van der Waals surface area contributed by atoms with E-state index in [2.05, 4.69) is 9.88 Å². The highest BCUT2D eigenvalue weighted by atomic mass is 19.1. The van der Waals surface area contributed by atoms with Gasteiger partial charge in [-0.1, -0.05) is 6.07 Å². The van der Waals surface area contributed by atoms with E-state index in [1.165, 1.54) is 12.1 Å².